The lowest BCUT2D eigenvalue weighted by Gasteiger charge is -2.22. The first-order valence-corrected chi connectivity index (χ1v) is 11.9. The standard InChI is InChI=1S/C27H22Cl2N6O/c1-33(16-18-5-4-6-20(28)15-18)26-25-31-13-14-34(25)17-23(32-26)19-9-11-21(12-10-19)35(27(30)36)24-8-3-2-7-22(24)29/h2-15,17H,16H2,1H3,(H2,30,36). The summed E-state index contributed by atoms with van der Waals surface area (Å²) in [5.41, 5.74) is 10.2. The van der Waals surface area contributed by atoms with Crippen LogP contribution in [-0.4, -0.2) is 27.4 Å². The molecule has 0 aliphatic heterocycles. The van der Waals surface area contributed by atoms with E-state index in [1.165, 1.54) is 4.90 Å². The molecule has 0 aliphatic rings. The van der Waals surface area contributed by atoms with Gasteiger partial charge in [0.1, 0.15) is 0 Å². The van der Waals surface area contributed by atoms with Crippen molar-refractivity contribution in [3.05, 3.63) is 107 Å². The molecule has 5 rings (SSSR count). The van der Waals surface area contributed by atoms with Gasteiger partial charge in [-0.2, -0.15) is 0 Å². The second-order valence-corrected chi connectivity index (χ2v) is 9.11. The van der Waals surface area contributed by atoms with Gasteiger partial charge in [0.15, 0.2) is 11.5 Å². The van der Waals surface area contributed by atoms with E-state index in [0.717, 1.165) is 28.3 Å². The smallest absolute Gasteiger partial charge is 0.323 e. The number of primary amides is 1. The number of para-hydroxylation sites is 1. The Balaban J connectivity index is 1.50. The fourth-order valence-corrected chi connectivity index (χ4v) is 4.53. The van der Waals surface area contributed by atoms with Crippen LogP contribution >= 0.6 is 23.2 Å². The Morgan fingerprint density at radius 1 is 1.03 bits per heavy atom. The number of nitrogens with zero attached hydrogens (tertiary/aromatic N) is 5. The molecule has 5 aromatic rings. The number of rotatable bonds is 6. The van der Waals surface area contributed by atoms with Gasteiger partial charge in [0.25, 0.3) is 0 Å². The predicted molar refractivity (Wildman–Crippen MR) is 145 cm³/mol. The first-order valence-electron chi connectivity index (χ1n) is 11.1. The number of imidazole rings is 1. The molecule has 0 saturated carbocycles. The van der Waals surface area contributed by atoms with Gasteiger partial charge in [-0.05, 0) is 42.0 Å². The van der Waals surface area contributed by atoms with Gasteiger partial charge >= 0.3 is 6.03 Å². The molecule has 7 nitrogen and oxygen atoms in total. The van der Waals surface area contributed by atoms with E-state index in [1.807, 2.05) is 77.3 Å². The van der Waals surface area contributed by atoms with Gasteiger partial charge in [0, 0.05) is 42.8 Å². The predicted octanol–water partition coefficient (Wildman–Crippen LogP) is 6.56. The SMILES string of the molecule is CN(Cc1cccc(Cl)c1)c1nc(-c2ccc(N(C(N)=O)c3ccccc3Cl)cc2)cn2ccnc12. The number of nitrogens with two attached hydrogens (primary N) is 1. The number of fused-ring (bicyclic) bond motifs is 1. The third-order valence-corrected chi connectivity index (χ3v) is 6.32. The fourth-order valence-electron chi connectivity index (χ4n) is 4.09. The lowest BCUT2D eigenvalue weighted by Crippen LogP contribution is -2.31. The van der Waals surface area contributed by atoms with Crippen LogP contribution in [0.2, 0.25) is 10.0 Å². The van der Waals surface area contributed by atoms with Crippen LogP contribution in [0.25, 0.3) is 16.9 Å². The number of aromatic nitrogens is 3. The summed E-state index contributed by atoms with van der Waals surface area (Å²) in [7, 11) is 1.97. The van der Waals surface area contributed by atoms with Gasteiger partial charge in [-0.25, -0.2) is 14.8 Å². The first-order chi connectivity index (χ1) is 17.4. The Labute approximate surface area is 218 Å². The second-order valence-electron chi connectivity index (χ2n) is 8.27. The van der Waals surface area contributed by atoms with Crippen LogP contribution in [0.15, 0.2) is 91.4 Å². The maximum Gasteiger partial charge on any atom is 0.323 e. The number of hydrogen-bond donors (Lipinski definition) is 1. The third-order valence-electron chi connectivity index (χ3n) is 5.76. The van der Waals surface area contributed by atoms with Gasteiger partial charge in [-0.1, -0.05) is 59.6 Å². The van der Waals surface area contributed by atoms with Crippen LogP contribution in [0.5, 0.6) is 0 Å². The average molecular weight is 517 g/mol. The Hall–Kier alpha value is -4.07. The van der Waals surface area contributed by atoms with Crippen molar-refractivity contribution in [2.24, 2.45) is 5.73 Å². The highest BCUT2D eigenvalue weighted by molar-refractivity contribution is 6.34. The van der Waals surface area contributed by atoms with Crippen molar-refractivity contribution in [2.45, 2.75) is 6.54 Å². The van der Waals surface area contributed by atoms with Crippen LogP contribution < -0.4 is 15.5 Å². The lowest BCUT2D eigenvalue weighted by atomic mass is 10.1. The molecule has 0 atom stereocenters. The minimum atomic E-state index is -0.626. The number of anilines is 3. The fraction of sp³-hybridized carbons (Fsp3) is 0.0741. The van der Waals surface area contributed by atoms with Crippen molar-refractivity contribution in [1.29, 1.82) is 0 Å². The van der Waals surface area contributed by atoms with E-state index < -0.39 is 6.03 Å². The highest BCUT2D eigenvalue weighted by atomic mass is 35.5. The van der Waals surface area contributed by atoms with Gasteiger partial charge < -0.3 is 15.0 Å². The second kappa shape index (κ2) is 9.89. The van der Waals surface area contributed by atoms with Crippen molar-refractivity contribution in [1.82, 2.24) is 14.4 Å². The number of amides is 2. The Morgan fingerprint density at radius 2 is 1.81 bits per heavy atom. The van der Waals surface area contributed by atoms with Crippen molar-refractivity contribution in [2.75, 3.05) is 16.8 Å². The molecule has 0 radical (unpaired) electrons. The molecule has 2 N–H and O–H groups in total. The zero-order valence-electron chi connectivity index (χ0n) is 19.3. The third kappa shape index (κ3) is 4.71. The molecule has 9 heteroatoms. The van der Waals surface area contributed by atoms with Gasteiger partial charge in [-0.3, -0.25) is 4.90 Å². The molecule has 2 aromatic heterocycles. The van der Waals surface area contributed by atoms with Crippen LogP contribution in [0.1, 0.15) is 5.56 Å². The Kier molecular flexibility index (Phi) is 6.50. The van der Waals surface area contributed by atoms with Crippen molar-refractivity contribution in [3.63, 3.8) is 0 Å². The van der Waals surface area contributed by atoms with E-state index in [1.54, 1.807) is 30.5 Å². The summed E-state index contributed by atoms with van der Waals surface area (Å²) >= 11 is 12.5. The van der Waals surface area contributed by atoms with E-state index in [2.05, 4.69) is 4.98 Å². The van der Waals surface area contributed by atoms with E-state index >= 15 is 0 Å². The average Bonchev–Trinajstić information content (AvgIpc) is 3.34. The maximum atomic E-state index is 12.3. The summed E-state index contributed by atoms with van der Waals surface area (Å²) in [4.78, 5) is 25.1. The summed E-state index contributed by atoms with van der Waals surface area (Å²) in [6.45, 7) is 0.615. The topological polar surface area (TPSA) is 79.8 Å². The molecule has 0 spiro atoms. The van der Waals surface area contributed by atoms with Crippen LogP contribution in [-0.2, 0) is 6.54 Å². The van der Waals surface area contributed by atoms with Crippen LogP contribution in [0.3, 0.4) is 0 Å². The number of hydrogen-bond acceptors (Lipinski definition) is 4. The van der Waals surface area contributed by atoms with Crippen molar-refractivity contribution < 1.29 is 4.79 Å². The molecular weight excluding hydrogens is 495 g/mol. The van der Waals surface area contributed by atoms with E-state index in [9.17, 15) is 4.79 Å². The lowest BCUT2D eigenvalue weighted by molar-refractivity contribution is 0.256. The summed E-state index contributed by atoms with van der Waals surface area (Å²) in [6, 6.07) is 21.6. The minimum Gasteiger partial charge on any atom is -0.352 e. The Bertz CT molecular complexity index is 1550. The first kappa shape index (κ1) is 23.7. The molecule has 0 aliphatic carbocycles. The van der Waals surface area contributed by atoms with Crippen molar-refractivity contribution >= 4 is 52.1 Å². The number of carbonyl (C=O) groups is 1. The normalized spacial score (nSPS) is 11.0. The minimum absolute atomic E-state index is 0.431. The number of carbonyl (C=O) groups excluding carboxylic acids is 1. The van der Waals surface area contributed by atoms with Crippen LogP contribution in [0, 0.1) is 0 Å². The molecule has 0 fully saturated rings. The van der Waals surface area contributed by atoms with E-state index in [4.69, 9.17) is 33.9 Å². The monoisotopic (exact) mass is 516 g/mol. The summed E-state index contributed by atoms with van der Waals surface area (Å²) in [6.07, 6.45) is 5.56. The largest absolute Gasteiger partial charge is 0.352 e. The Morgan fingerprint density at radius 3 is 2.53 bits per heavy atom. The van der Waals surface area contributed by atoms with Gasteiger partial charge in [0.2, 0.25) is 0 Å². The van der Waals surface area contributed by atoms with E-state index in [-0.39, 0.29) is 0 Å². The quantitative estimate of drug-likeness (QED) is 0.277. The molecule has 2 heterocycles. The molecule has 3 aromatic carbocycles. The number of benzene rings is 3. The summed E-state index contributed by atoms with van der Waals surface area (Å²) in [5, 5.41) is 1.12. The number of urea groups is 1. The zero-order valence-corrected chi connectivity index (χ0v) is 20.9. The highest BCUT2D eigenvalue weighted by Crippen LogP contribution is 2.33. The zero-order chi connectivity index (χ0) is 25.2. The molecule has 0 bridgehead atoms. The molecule has 180 valence electrons. The van der Waals surface area contributed by atoms with Crippen molar-refractivity contribution in [3.8, 4) is 11.3 Å². The van der Waals surface area contributed by atoms with Crippen LogP contribution in [0.4, 0.5) is 22.0 Å². The molecule has 0 unspecified atom stereocenters. The highest BCUT2D eigenvalue weighted by Gasteiger charge is 2.18. The summed E-state index contributed by atoms with van der Waals surface area (Å²) < 4.78 is 1.94. The molecule has 2 amide bonds. The van der Waals surface area contributed by atoms with Gasteiger partial charge in [-0.15, -0.1) is 0 Å². The number of halogens is 2. The maximum absolute atomic E-state index is 12.3. The van der Waals surface area contributed by atoms with Gasteiger partial charge in [0.05, 0.1) is 22.1 Å². The molecule has 0 saturated heterocycles. The van der Waals surface area contributed by atoms with E-state index in [0.29, 0.717) is 28.0 Å². The molecule has 36 heavy (non-hydrogen) atoms. The molecular formula is C27H22Cl2N6O. The summed E-state index contributed by atoms with van der Waals surface area (Å²) in [5.74, 6) is 0.733.